The van der Waals surface area contributed by atoms with Gasteiger partial charge >= 0.3 is 17.9 Å². The van der Waals surface area contributed by atoms with Crippen LogP contribution in [0.1, 0.15) is 47.8 Å². The minimum absolute atomic E-state index is 0. The molecule has 0 bridgehead atoms. The third-order valence-electron chi connectivity index (χ3n) is 7.36. The van der Waals surface area contributed by atoms with E-state index in [0.717, 1.165) is 48.6 Å². The van der Waals surface area contributed by atoms with Crippen LogP contribution in [0.5, 0.6) is 5.75 Å². The lowest BCUT2D eigenvalue weighted by molar-refractivity contribution is -0.137. The van der Waals surface area contributed by atoms with Gasteiger partial charge in [0.2, 0.25) is 5.89 Å². The van der Waals surface area contributed by atoms with E-state index in [1.807, 2.05) is 6.92 Å². The van der Waals surface area contributed by atoms with E-state index in [-0.39, 0.29) is 54.1 Å². The van der Waals surface area contributed by atoms with Gasteiger partial charge in [-0.15, -0.1) is 29.9 Å². The van der Waals surface area contributed by atoms with Crippen molar-refractivity contribution in [3.8, 4) is 22.9 Å². The van der Waals surface area contributed by atoms with Crippen LogP contribution in [0.15, 0.2) is 69.9 Å². The standard InChI is InChI=1S/C32H34ClF3N4O4.2ClH/c1-5-38(6-2)17-18-39(7-3)20-26-27(33)21(4)19-25(30(41)43-24-11-9-8-10-12-24)28(26)40-31(42)44-29(37-40)22-13-15-23(16-14-22)32(34,35)36;;/h8-16,19H,5-7,17-18,20H2,1-4H3;2*1H. The second kappa shape index (κ2) is 17.0. The maximum absolute atomic E-state index is 13.6. The average Bonchev–Trinajstić information content (AvgIpc) is 3.39. The van der Waals surface area contributed by atoms with Gasteiger partial charge in [0.1, 0.15) is 5.75 Å². The summed E-state index contributed by atoms with van der Waals surface area (Å²) in [7, 11) is 0. The highest BCUT2D eigenvalue weighted by atomic mass is 35.5. The van der Waals surface area contributed by atoms with Crippen LogP contribution in [-0.4, -0.2) is 58.3 Å². The highest BCUT2D eigenvalue weighted by Crippen LogP contribution is 2.33. The molecule has 0 spiro atoms. The van der Waals surface area contributed by atoms with Crippen molar-refractivity contribution in [3.63, 3.8) is 0 Å². The summed E-state index contributed by atoms with van der Waals surface area (Å²) < 4.78 is 51.3. The summed E-state index contributed by atoms with van der Waals surface area (Å²) in [5.41, 5.74) is 0.448. The Morgan fingerprint density at radius 3 is 2.11 bits per heavy atom. The molecular formula is C32H36Cl3F3N4O4. The lowest BCUT2D eigenvalue weighted by Crippen LogP contribution is -2.35. The second-order valence-corrected chi connectivity index (χ2v) is 10.5. The molecule has 0 radical (unpaired) electrons. The molecule has 1 heterocycles. The summed E-state index contributed by atoms with van der Waals surface area (Å²) in [6.45, 7) is 12.1. The molecule has 250 valence electrons. The van der Waals surface area contributed by atoms with Gasteiger partial charge in [0.25, 0.3) is 0 Å². The SMILES string of the molecule is CCN(CC)CCN(CC)Cc1c(Cl)c(C)cc(C(=O)Oc2ccccc2)c1-n1nc(-c2ccc(C(F)(F)F)cc2)oc1=O.Cl.Cl. The first kappa shape index (κ1) is 38.8. The third-order valence-corrected chi connectivity index (χ3v) is 7.89. The largest absolute Gasteiger partial charge is 0.442 e. The van der Waals surface area contributed by atoms with Crippen molar-refractivity contribution < 1.29 is 27.1 Å². The number of carbonyl (C=O) groups is 1. The fourth-order valence-electron chi connectivity index (χ4n) is 4.78. The van der Waals surface area contributed by atoms with Gasteiger partial charge in [-0.05, 0) is 74.6 Å². The van der Waals surface area contributed by atoms with E-state index < -0.39 is 23.5 Å². The predicted molar refractivity (Wildman–Crippen MR) is 177 cm³/mol. The van der Waals surface area contributed by atoms with Crippen LogP contribution in [0.25, 0.3) is 17.1 Å². The van der Waals surface area contributed by atoms with Crippen LogP contribution in [0.2, 0.25) is 5.02 Å². The van der Waals surface area contributed by atoms with E-state index >= 15 is 0 Å². The van der Waals surface area contributed by atoms with E-state index in [1.165, 1.54) is 6.07 Å². The Bertz CT molecular complexity index is 1640. The minimum Gasteiger partial charge on any atom is -0.423 e. The molecule has 0 aliphatic carbocycles. The van der Waals surface area contributed by atoms with Gasteiger partial charge in [0, 0.05) is 30.8 Å². The molecule has 0 aliphatic heterocycles. The van der Waals surface area contributed by atoms with Crippen molar-refractivity contribution in [2.45, 2.75) is 40.4 Å². The second-order valence-electron chi connectivity index (χ2n) is 10.1. The Balaban J connectivity index is 0.00000368. The zero-order chi connectivity index (χ0) is 32.0. The molecule has 0 atom stereocenters. The summed E-state index contributed by atoms with van der Waals surface area (Å²) >= 11 is 6.87. The Kier molecular flexibility index (Phi) is 14.3. The van der Waals surface area contributed by atoms with Crippen molar-refractivity contribution in [1.29, 1.82) is 0 Å². The summed E-state index contributed by atoms with van der Waals surface area (Å²) in [5.74, 6) is -1.61. The van der Waals surface area contributed by atoms with Crippen LogP contribution in [-0.2, 0) is 12.7 Å². The minimum atomic E-state index is -4.53. The molecule has 0 saturated heterocycles. The first-order valence-corrected chi connectivity index (χ1v) is 14.7. The van der Waals surface area contributed by atoms with Crippen molar-refractivity contribution in [3.05, 3.63) is 98.5 Å². The Labute approximate surface area is 282 Å². The third kappa shape index (κ3) is 9.13. The van der Waals surface area contributed by atoms with Crippen LogP contribution < -0.4 is 10.5 Å². The molecule has 0 unspecified atom stereocenters. The number of esters is 1. The summed E-state index contributed by atoms with van der Waals surface area (Å²) in [6.07, 6.45) is -4.53. The molecule has 14 heteroatoms. The molecule has 4 rings (SSSR count). The van der Waals surface area contributed by atoms with Gasteiger partial charge in [-0.2, -0.15) is 17.9 Å². The van der Waals surface area contributed by atoms with E-state index in [2.05, 4.69) is 28.7 Å². The summed E-state index contributed by atoms with van der Waals surface area (Å²) in [5, 5.41) is 4.66. The molecule has 0 amide bonds. The number of rotatable bonds is 12. The molecule has 1 aromatic heterocycles. The number of para-hydroxylation sites is 1. The van der Waals surface area contributed by atoms with Gasteiger partial charge < -0.3 is 14.1 Å². The van der Waals surface area contributed by atoms with Crippen LogP contribution in [0.4, 0.5) is 13.2 Å². The zero-order valence-corrected chi connectivity index (χ0v) is 28.2. The smallest absolute Gasteiger partial charge is 0.423 e. The molecule has 0 fully saturated rings. The number of alkyl halides is 3. The number of hydrogen-bond acceptors (Lipinski definition) is 7. The van der Waals surface area contributed by atoms with Crippen molar-refractivity contribution in [2.24, 2.45) is 0 Å². The number of ether oxygens (including phenoxy) is 1. The summed E-state index contributed by atoms with van der Waals surface area (Å²) in [4.78, 5) is 31.3. The van der Waals surface area contributed by atoms with Crippen molar-refractivity contribution in [2.75, 3.05) is 32.7 Å². The van der Waals surface area contributed by atoms with Crippen molar-refractivity contribution >= 4 is 42.4 Å². The van der Waals surface area contributed by atoms with Crippen LogP contribution in [0.3, 0.4) is 0 Å². The van der Waals surface area contributed by atoms with E-state index in [1.54, 1.807) is 37.3 Å². The number of aromatic nitrogens is 2. The topological polar surface area (TPSA) is 80.8 Å². The van der Waals surface area contributed by atoms with Gasteiger partial charge in [-0.25, -0.2) is 9.59 Å². The fraction of sp³-hybridized carbons (Fsp3) is 0.344. The molecule has 0 aliphatic rings. The van der Waals surface area contributed by atoms with E-state index in [4.69, 9.17) is 20.8 Å². The number of halogens is 6. The predicted octanol–water partition coefficient (Wildman–Crippen LogP) is 7.70. The molecule has 0 N–H and O–H groups in total. The maximum Gasteiger partial charge on any atom is 0.442 e. The normalized spacial score (nSPS) is 11.3. The first-order valence-electron chi connectivity index (χ1n) is 14.3. The van der Waals surface area contributed by atoms with Gasteiger partial charge in [-0.1, -0.05) is 50.6 Å². The quantitative estimate of drug-likeness (QED) is 0.111. The van der Waals surface area contributed by atoms with E-state index in [9.17, 15) is 22.8 Å². The Hall–Kier alpha value is -3.35. The highest BCUT2D eigenvalue weighted by Gasteiger charge is 2.31. The van der Waals surface area contributed by atoms with Gasteiger partial charge in [0.15, 0.2) is 0 Å². The van der Waals surface area contributed by atoms with Crippen molar-refractivity contribution in [1.82, 2.24) is 19.6 Å². The zero-order valence-electron chi connectivity index (χ0n) is 25.8. The lowest BCUT2D eigenvalue weighted by Gasteiger charge is -2.27. The number of hydrogen-bond donors (Lipinski definition) is 0. The molecule has 0 saturated carbocycles. The molecule has 46 heavy (non-hydrogen) atoms. The molecule has 4 aromatic rings. The Morgan fingerprint density at radius 2 is 1.54 bits per heavy atom. The number of likely N-dealkylation sites (N-methyl/N-ethyl adjacent to an activating group) is 2. The first-order chi connectivity index (χ1) is 21.0. The number of aryl methyl sites for hydroxylation is 1. The van der Waals surface area contributed by atoms with Crippen LogP contribution >= 0.6 is 36.4 Å². The van der Waals surface area contributed by atoms with E-state index in [0.29, 0.717) is 35.0 Å². The van der Waals surface area contributed by atoms with Gasteiger partial charge in [0.05, 0.1) is 21.8 Å². The molecule has 3 aromatic carbocycles. The molecule has 8 nitrogen and oxygen atoms in total. The Morgan fingerprint density at radius 1 is 0.957 bits per heavy atom. The highest BCUT2D eigenvalue weighted by molar-refractivity contribution is 6.32. The lowest BCUT2D eigenvalue weighted by atomic mass is 10.0. The fourth-order valence-corrected chi connectivity index (χ4v) is 4.98. The average molecular weight is 704 g/mol. The summed E-state index contributed by atoms with van der Waals surface area (Å²) in [6, 6.07) is 14.1. The number of carbonyl (C=O) groups excluding carboxylic acids is 1. The number of benzene rings is 3. The monoisotopic (exact) mass is 702 g/mol. The molecular weight excluding hydrogens is 668 g/mol. The van der Waals surface area contributed by atoms with Gasteiger partial charge in [-0.3, -0.25) is 4.90 Å². The maximum atomic E-state index is 13.6. The number of nitrogens with zero attached hydrogens (tertiary/aromatic N) is 4. The van der Waals surface area contributed by atoms with Crippen LogP contribution in [0, 0.1) is 6.92 Å².